The molecule has 1 aromatic rings. The van der Waals surface area contributed by atoms with Crippen molar-refractivity contribution in [1.82, 2.24) is 5.32 Å². The van der Waals surface area contributed by atoms with E-state index in [0.717, 1.165) is 17.5 Å². The van der Waals surface area contributed by atoms with Gasteiger partial charge in [0.05, 0.1) is 19.8 Å². The average Bonchev–Trinajstić information content (AvgIpc) is 2.38. The summed E-state index contributed by atoms with van der Waals surface area (Å²) in [5.74, 6) is -0.0740. The zero-order chi connectivity index (χ0) is 12.5. The van der Waals surface area contributed by atoms with Gasteiger partial charge in [0, 0.05) is 12.1 Å². The quantitative estimate of drug-likeness (QED) is 0.695. The first-order chi connectivity index (χ1) is 8.29. The Hall–Kier alpha value is -1.39. The largest absolute Gasteiger partial charge is 0.394 e. The Morgan fingerprint density at radius 2 is 2.12 bits per heavy atom. The molecular weight excluding hydrogens is 218 g/mol. The van der Waals surface area contributed by atoms with Crippen molar-refractivity contribution in [2.75, 3.05) is 26.4 Å². The first-order valence-electron chi connectivity index (χ1n) is 5.84. The number of aliphatic hydroxyl groups excluding tert-OH is 1. The van der Waals surface area contributed by atoms with E-state index in [2.05, 4.69) is 5.32 Å². The van der Waals surface area contributed by atoms with Crippen LogP contribution in [-0.4, -0.2) is 37.4 Å². The molecule has 17 heavy (non-hydrogen) atoms. The summed E-state index contributed by atoms with van der Waals surface area (Å²) >= 11 is 0. The van der Waals surface area contributed by atoms with Crippen LogP contribution in [0, 0.1) is 0 Å². The summed E-state index contributed by atoms with van der Waals surface area (Å²) in [5.41, 5.74) is 1.76. The summed E-state index contributed by atoms with van der Waals surface area (Å²) in [6, 6.07) is 7.57. The Morgan fingerprint density at radius 3 is 2.82 bits per heavy atom. The van der Waals surface area contributed by atoms with Crippen molar-refractivity contribution in [3.05, 3.63) is 35.4 Å². The van der Waals surface area contributed by atoms with Gasteiger partial charge in [0.1, 0.15) is 0 Å². The Morgan fingerprint density at radius 1 is 1.35 bits per heavy atom. The molecule has 0 heterocycles. The summed E-state index contributed by atoms with van der Waals surface area (Å²) in [5, 5.41) is 11.3. The van der Waals surface area contributed by atoms with Gasteiger partial charge in [-0.3, -0.25) is 4.79 Å². The van der Waals surface area contributed by atoms with Crippen LogP contribution in [0.2, 0.25) is 0 Å². The van der Waals surface area contributed by atoms with Gasteiger partial charge in [-0.2, -0.15) is 0 Å². The number of benzene rings is 1. The number of rotatable bonds is 7. The third-order valence-electron chi connectivity index (χ3n) is 2.41. The fraction of sp³-hybridized carbons (Fsp3) is 0.462. The van der Waals surface area contributed by atoms with Gasteiger partial charge >= 0.3 is 0 Å². The topological polar surface area (TPSA) is 58.6 Å². The number of aliphatic hydroxyl groups is 1. The smallest absolute Gasteiger partial charge is 0.251 e. The predicted molar refractivity (Wildman–Crippen MR) is 66.1 cm³/mol. The van der Waals surface area contributed by atoms with E-state index >= 15 is 0 Å². The minimum atomic E-state index is -0.0740. The van der Waals surface area contributed by atoms with Crippen LogP contribution in [-0.2, 0) is 11.2 Å². The molecule has 1 rings (SSSR count). The number of amides is 1. The fourth-order valence-electron chi connectivity index (χ4n) is 1.55. The van der Waals surface area contributed by atoms with E-state index in [1.807, 2.05) is 31.2 Å². The van der Waals surface area contributed by atoms with Crippen molar-refractivity contribution in [2.24, 2.45) is 0 Å². The van der Waals surface area contributed by atoms with Crippen molar-refractivity contribution >= 4 is 5.91 Å². The summed E-state index contributed by atoms with van der Waals surface area (Å²) in [7, 11) is 0. The van der Waals surface area contributed by atoms with Crippen molar-refractivity contribution in [1.29, 1.82) is 0 Å². The highest BCUT2D eigenvalue weighted by molar-refractivity contribution is 5.95. The van der Waals surface area contributed by atoms with E-state index < -0.39 is 0 Å². The van der Waals surface area contributed by atoms with Crippen molar-refractivity contribution in [3.63, 3.8) is 0 Å². The van der Waals surface area contributed by atoms with Crippen LogP contribution >= 0.6 is 0 Å². The lowest BCUT2D eigenvalue weighted by molar-refractivity contribution is 0.0837. The number of nitrogens with one attached hydrogen (secondary N) is 1. The van der Waals surface area contributed by atoms with E-state index in [1.165, 1.54) is 0 Å². The zero-order valence-corrected chi connectivity index (χ0v) is 10.1. The summed E-state index contributed by atoms with van der Waals surface area (Å²) < 4.78 is 5.06. The van der Waals surface area contributed by atoms with E-state index in [0.29, 0.717) is 19.8 Å². The Balaban J connectivity index is 2.41. The minimum Gasteiger partial charge on any atom is -0.394 e. The molecule has 0 saturated heterocycles. The summed E-state index contributed by atoms with van der Waals surface area (Å²) in [6.45, 7) is 3.21. The molecule has 4 nitrogen and oxygen atoms in total. The van der Waals surface area contributed by atoms with E-state index in [1.54, 1.807) is 0 Å². The van der Waals surface area contributed by atoms with Crippen molar-refractivity contribution < 1.29 is 14.6 Å². The Kier molecular flexibility index (Phi) is 6.29. The monoisotopic (exact) mass is 237 g/mol. The molecule has 0 unspecified atom stereocenters. The zero-order valence-electron chi connectivity index (χ0n) is 10.1. The van der Waals surface area contributed by atoms with E-state index in [4.69, 9.17) is 9.84 Å². The summed E-state index contributed by atoms with van der Waals surface area (Å²) in [6.07, 6.45) is 0.838. The molecule has 1 aromatic carbocycles. The maximum absolute atomic E-state index is 11.8. The van der Waals surface area contributed by atoms with Crippen LogP contribution in [0.4, 0.5) is 0 Å². The molecule has 4 heteroatoms. The lowest BCUT2D eigenvalue weighted by atomic mass is 10.0. The van der Waals surface area contributed by atoms with Crippen LogP contribution in [0.15, 0.2) is 24.3 Å². The molecule has 1 amide bonds. The molecular formula is C13H19NO3. The Labute approximate surface area is 102 Å². The standard InChI is InChI=1S/C13H19NO3/c1-2-11-5-3-4-6-12(11)13(16)14-7-9-17-10-8-15/h3-6,15H,2,7-10H2,1H3,(H,14,16). The lowest BCUT2D eigenvalue weighted by Crippen LogP contribution is -2.28. The third kappa shape index (κ3) is 4.54. The Bertz CT molecular complexity index is 352. The number of hydrogen-bond acceptors (Lipinski definition) is 3. The second kappa shape index (κ2) is 7.81. The van der Waals surface area contributed by atoms with E-state index in [-0.39, 0.29) is 12.5 Å². The molecule has 0 bridgehead atoms. The van der Waals surface area contributed by atoms with Gasteiger partial charge in [-0.05, 0) is 18.1 Å². The molecule has 0 aliphatic rings. The molecule has 0 fully saturated rings. The molecule has 0 aliphatic heterocycles. The number of aryl methyl sites for hydroxylation is 1. The van der Waals surface area contributed by atoms with E-state index in [9.17, 15) is 4.79 Å². The molecule has 0 spiro atoms. The normalized spacial score (nSPS) is 10.2. The number of carbonyl (C=O) groups excluding carboxylic acids is 1. The van der Waals surface area contributed by atoms with Crippen molar-refractivity contribution in [3.8, 4) is 0 Å². The second-order valence-corrected chi connectivity index (χ2v) is 3.60. The van der Waals surface area contributed by atoms with Gasteiger partial charge in [-0.1, -0.05) is 25.1 Å². The van der Waals surface area contributed by atoms with Gasteiger partial charge in [0.2, 0.25) is 0 Å². The maximum atomic E-state index is 11.8. The molecule has 0 aliphatic carbocycles. The number of carbonyl (C=O) groups is 1. The predicted octanol–water partition coefficient (Wildman–Crippen LogP) is 0.988. The van der Waals surface area contributed by atoms with Crippen LogP contribution in [0.25, 0.3) is 0 Å². The van der Waals surface area contributed by atoms with Gasteiger partial charge in [0.15, 0.2) is 0 Å². The van der Waals surface area contributed by atoms with Gasteiger partial charge in [-0.15, -0.1) is 0 Å². The second-order valence-electron chi connectivity index (χ2n) is 3.60. The van der Waals surface area contributed by atoms with Crippen LogP contribution in [0.3, 0.4) is 0 Å². The molecule has 0 radical (unpaired) electrons. The first kappa shape index (κ1) is 13.7. The maximum Gasteiger partial charge on any atom is 0.251 e. The fourth-order valence-corrected chi connectivity index (χ4v) is 1.55. The SMILES string of the molecule is CCc1ccccc1C(=O)NCCOCCO. The van der Waals surface area contributed by atoms with Crippen molar-refractivity contribution in [2.45, 2.75) is 13.3 Å². The van der Waals surface area contributed by atoms with Crippen LogP contribution < -0.4 is 5.32 Å². The molecule has 0 aromatic heterocycles. The molecule has 0 atom stereocenters. The number of ether oxygens (including phenoxy) is 1. The molecule has 0 saturated carbocycles. The number of hydrogen-bond donors (Lipinski definition) is 2. The van der Waals surface area contributed by atoms with Crippen LogP contribution in [0.5, 0.6) is 0 Å². The lowest BCUT2D eigenvalue weighted by Gasteiger charge is -2.08. The van der Waals surface area contributed by atoms with Gasteiger partial charge in [0.25, 0.3) is 5.91 Å². The first-order valence-corrected chi connectivity index (χ1v) is 5.84. The molecule has 94 valence electrons. The highest BCUT2D eigenvalue weighted by atomic mass is 16.5. The minimum absolute atomic E-state index is 0.00656. The average molecular weight is 237 g/mol. The van der Waals surface area contributed by atoms with Crippen LogP contribution in [0.1, 0.15) is 22.8 Å². The summed E-state index contributed by atoms with van der Waals surface area (Å²) in [4.78, 5) is 11.8. The third-order valence-corrected chi connectivity index (χ3v) is 2.41. The van der Waals surface area contributed by atoms with Gasteiger partial charge in [-0.25, -0.2) is 0 Å². The van der Waals surface area contributed by atoms with Gasteiger partial charge < -0.3 is 15.2 Å². The molecule has 2 N–H and O–H groups in total. The highest BCUT2D eigenvalue weighted by Gasteiger charge is 2.08. The highest BCUT2D eigenvalue weighted by Crippen LogP contribution is 2.08.